The van der Waals surface area contributed by atoms with Gasteiger partial charge in [-0.3, -0.25) is 4.90 Å². The highest BCUT2D eigenvalue weighted by atomic mass is 16.7. The Bertz CT molecular complexity index is 1550. The van der Waals surface area contributed by atoms with Gasteiger partial charge >= 0.3 is 6.03 Å². The van der Waals surface area contributed by atoms with Gasteiger partial charge < -0.3 is 30.0 Å². The number of benzene rings is 3. The van der Waals surface area contributed by atoms with E-state index in [4.69, 9.17) is 14.2 Å². The van der Waals surface area contributed by atoms with Gasteiger partial charge in [-0.25, -0.2) is 4.79 Å². The zero-order valence-corrected chi connectivity index (χ0v) is 28.7. The molecule has 49 heavy (non-hydrogen) atoms. The predicted octanol–water partition coefficient (Wildman–Crippen LogP) is 6.74. The monoisotopic (exact) mass is 665 g/mol. The summed E-state index contributed by atoms with van der Waals surface area (Å²) in [5, 5.41) is 16.2. The van der Waals surface area contributed by atoms with Crippen LogP contribution in [0.25, 0.3) is 11.1 Å². The van der Waals surface area contributed by atoms with E-state index in [1.807, 2.05) is 12.1 Å². The van der Waals surface area contributed by atoms with Gasteiger partial charge in [0.15, 0.2) is 6.29 Å². The number of carbonyl (C=O) groups is 1. The van der Waals surface area contributed by atoms with E-state index in [1.54, 1.807) is 0 Å². The standard InChI is InChI=1S/C41H51N3O5/c1-27-37(25-44-13-15-47-16-14-44)48-39(49-38(27)34-7-5-28(26-45)6-8-34)35-11-9-33(10-12-35)36-4-2-3-29(20-36)24-42-40(46)43-41-21-30-17-31(22-41)19-32(18-30)23-41/h2-12,20,27,30-32,37-39,45H,13-19,21-26H2,1H3,(H2,42,43,46). The van der Waals surface area contributed by atoms with Crippen LogP contribution in [0.15, 0.2) is 72.8 Å². The molecule has 3 aromatic carbocycles. The van der Waals surface area contributed by atoms with Crippen LogP contribution in [-0.2, 0) is 27.4 Å². The lowest BCUT2D eigenvalue weighted by Crippen LogP contribution is -2.61. The smallest absolute Gasteiger partial charge is 0.315 e. The highest BCUT2D eigenvalue weighted by molar-refractivity contribution is 5.75. The van der Waals surface area contributed by atoms with Crippen molar-refractivity contribution in [3.63, 3.8) is 0 Å². The van der Waals surface area contributed by atoms with E-state index in [2.05, 4.69) is 83.1 Å². The fraction of sp³-hybridized carbons (Fsp3) is 0.537. The normalized spacial score (nSPS) is 32.6. The molecular formula is C41H51N3O5. The third-order valence-electron chi connectivity index (χ3n) is 12.0. The molecular weight excluding hydrogens is 614 g/mol. The van der Waals surface area contributed by atoms with E-state index < -0.39 is 6.29 Å². The number of nitrogens with zero attached hydrogens (tertiary/aromatic N) is 1. The summed E-state index contributed by atoms with van der Waals surface area (Å²) in [6, 6.07) is 25.0. The first-order chi connectivity index (χ1) is 23.9. The number of aliphatic hydroxyl groups is 1. The molecule has 3 aromatic rings. The Morgan fingerprint density at radius 1 is 0.837 bits per heavy atom. The molecule has 9 rings (SSSR count). The molecule has 6 fully saturated rings. The summed E-state index contributed by atoms with van der Waals surface area (Å²) in [5.41, 5.74) is 6.28. The molecule has 8 heteroatoms. The molecule has 0 aromatic heterocycles. The van der Waals surface area contributed by atoms with Crippen LogP contribution >= 0.6 is 0 Å². The fourth-order valence-corrected chi connectivity index (χ4v) is 9.79. The average molecular weight is 666 g/mol. The van der Waals surface area contributed by atoms with Crippen LogP contribution in [-0.4, -0.2) is 60.5 Å². The quantitative estimate of drug-likeness (QED) is 0.235. The van der Waals surface area contributed by atoms with Crippen LogP contribution in [0.1, 0.15) is 80.1 Å². The fourth-order valence-electron chi connectivity index (χ4n) is 9.79. The number of ether oxygens (including phenoxy) is 3. The maximum Gasteiger partial charge on any atom is 0.315 e. The molecule has 260 valence electrons. The minimum Gasteiger partial charge on any atom is -0.392 e. The second-order valence-electron chi connectivity index (χ2n) is 15.6. The Kier molecular flexibility index (Phi) is 9.51. The summed E-state index contributed by atoms with van der Waals surface area (Å²) >= 11 is 0. The number of hydrogen-bond donors (Lipinski definition) is 3. The first kappa shape index (κ1) is 32.9. The average Bonchev–Trinajstić information content (AvgIpc) is 3.11. The first-order valence-corrected chi connectivity index (χ1v) is 18.5. The van der Waals surface area contributed by atoms with Gasteiger partial charge in [0, 0.05) is 43.2 Å². The number of nitrogens with one attached hydrogen (secondary N) is 2. The van der Waals surface area contributed by atoms with Gasteiger partial charge in [0.05, 0.1) is 32.0 Å². The summed E-state index contributed by atoms with van der Waals surface area (Å²) in [5.74, 6) is 2.55. The van der Waals surface area contributed by atoms with Crippen LogP contribution < -0.4 is 10.6 Å². The number of urea groups is 1. The molecule has 2 saturated heterocycles. The Morgan fingerprint density at radius 2 is 1.51 bits per heavy atom. The van der Waals surface area contributed by atoms with Crippen LogP contribution in [0.4, 0.5) is 4.79 Å². The van der Waals surface area contributed by atoms with Crippen molar-refractivity contribution in [2.24, 2.45) is 23.7 Å². The van der Waals surface area contributed by atoms with Crippen molar-refractivity contribution in [1.29, 1.82) is 0 Å². The summed E-state index contributed by atoms with van der Waals surface area (Å²) in [6.45, 7) is 6.88. The summed E-state index contributed by atoms with van der Waals surface area (Å²) < 4.78 is 19.0. The number of aliphatic hydroxyl groups excluding tert-OH is 1. The molecule has 2 heterocycles. The third-order valence-corrected chi connectivity index (χ3v) is 12.0. The van der Waals surface area contributed by atoms with E-state index in [9.17, 15) is 9.90 Å². The maximum absolute atomic E-state index is 13.1. The van der Waals surface area contributed by atoms with Gasteiger partial charge in [0.25, 0.3) is 0 Å². The van der Waals surface area contributed by atoms with E-state index in [0.29, 0.717) is 6.54 Å². The summed E-state index contributed by atoms with van der Waals surface area (Å²) in [4.78, 5) is 15.5. The SMILES string of the molecule is CC1C(CN2CCOCC2)OC(c2ccc(-c3cccc(CNC(=O)NC45CC6CC(CC(C6)C4)C5)c3)cc2)OC1c1ccc(CO)cc1. The van der Waals surface area contributed by atoms with E-state index in [-0.39, 0.29) is 36.3 Å². The maximum atomic E-state index is 13.1. The molecule has 2 amide bonds. The molecule has 4 unspecified atom stereocenters. The van der Waals surface area contributed by atoms with Crippen molar-refractivity contribution in [3.05, 3.63) is 95.1 Å². The van der Waals surface area contributed by atoms with Crippen LogP contribution in [0.3, 0.4) is 0 Å². The number of amides is 2. The first-order valence-electron chi connectivity index (χ1n) is 18.5. The number of rotatable bonds is 9. The Hall–Kier alpha value is -3.27. The minimum atomic E-state index is -0.498. The molecule has 3 N–H and O–H groups in total. The molecule has 0 radical (unpaired) electrons. The highest BCUT2D eigenvalue weighted by Crippen LogP contribution is 2.55. The third kappa shape index (κ3) is 7.31. The van der Waals surface area contributed by atoms with E-state index in [1.165, 1.54) is 19.3 Å². The van der Waals surface area contributed by atoms with Crippen LogP contribution in [0, 0.1) is 23.7 Å². The van der Waals surface area contributed by atoms with Crippen molar-refractivity contribution in [3.8, 4) is 11.1 Å². The predicted molar refractivity (Wildman–Crippen MR) is 188 cm³/mol. The van der Waals surface area contributed by atoms with Gasteiger partial charge in [0.1, 0.15) is 0 Å². The van der Waals surface area contributed by atoms with E-state index >= 15 is 0 Å². The highest BCUT2D eigenvalue weighted by Gasteiger charge is 2.51. The van der Waals surface area contributed by atoms with Crippen molar-refractivity contribution >= 4 is 6.03 Å². The van der Waals surface area contributed by atoms with E-state index in [0.717, 1.165) is 103 Å². The lowest BCUT2D eigenvalue weighted by molar-refractivity contribution is -0.277. The van der Waals surface area contributed by atoms with Gasteiger partial charge in [-0.1, -0.05) is 73.7 Å². The van der Waals surface area contributed by atoms with Gasteiger partial charge in [-0.2, -0.15) is 0 Å². The van der Waals surface area contributed by atoms with Gasteiger partial charge in [-0.15, -0.1) is 0 Å². The number of morpholine rings is 1. The number of hydrogen-bond acceptors (Lipinski definition) is 6. The van der Waals surface area contributed by atoms with Crippen molar-refractivity contribution < 1.29 is 24.1 Å². The Labute approximate surface area is 290 Å². The Balaban J connectivity index is 0.932. The zero-order valence-electron chi connectivity index (χ0n) is 28.7. The second kappa shape index (κ2) is 14.2. The largest absolute Gasteiger partial charge is 0.392 e. The minimum absolute atomic E-state index is 0.0108. The molecule has 0 spiro atoms. The van der Waals surface area contributed by atoms with Gasteiger partial charge in [-0.05, 0) is 90.2 Å². The topological polar surface area (TPSA) is 92.3 Å². The molecule has 4 aliphatic carbocycles. The number of carbonyl (C=O) groups excluding carboxylic acids is 1. The van der Waals surface area contributed by atoms with Gasteiger partial charge in [0.2, 0.25) is 0 Å². The molecule has 4 bridgehead atoms. The Morgan fingerprint density at radius 3 is 2.18 bits per heavy atom. The second-order valence-corrected chi connectivity index (χ2v) is 15.6. The molecule has 6 aliphatic rings. The van der Waals surface area contributed by atoms with Crippen molar-refractivity contribution in [1.82, 2.24) is 15.5 Å². The van der Waals surface area contributed by atoms with Crippen molar-refractivity contribution in [2.45, 2.75) is 82.6 Å². The zero-order chi connectivity index (χ0) is 33.4. The lowest BCUT2D eigenvalue weighted by atomic mass is 9.53. The molecule has 4 saturated carbocycles. The van der Waals surface area contributed by atoms with Crippen LogP contribution in [0.2, 0.25) is 0 Å². The lowest BCUT2D eigenvalue weighted by Gasteiger charge is -2.56. The summed E-state index contributed by atoms with van der Waals surface area (Å²) in [6.07, 6.45) is 6.92. The molecule has 4 atom stereocenters. The molecule has 2 aliphatic heterocycles. The summed E-state index contributed by atoms with van der Waals surface area (Å²) in [7, 11) is 0. The van der Waals surface area contributed by atoms with Crippen LogP contribution in [0.5, 0.6) is 0 Å². The van der Waals surface area contributed by atoms with Crippen molar-refractivity contribution in [2.75, 3.05) is 32.8 Å². The molecule has 8 nitrogen and oxygen atoms in total.